The van der Waals surface area contributed by atoms with E-state index in [0.717, 1.165) is 26.9 Å². The second-order valence-electron chi connectivity index (χ2n) is 3.08. The van der Waals surface area contributed by atoms with Gasteiger partial charge in [-0.1, -0.05) is 15.9 Å². The van der Waals surface area contributed by atoms with Gasteiger partial charge in [0.1, 0.15) is 5.52 Å². The van der Waals surface area contributed by atoms with E-state index >= 15 is 0 Å². The molecule has 0 aliphatic rings. The second kappa shape index (κ2) is 4.47. The van der Waals surface area contributed by atoms with Crippen molar-refractivity contribution in [1.82, 2.24) is 4.98 Å². The Morgan fingerprint density at radius 2 is 2.40 bits per heavy atom. The zero-order chi connectivity index (χ0) is 10.8. The zero-order valence-corrected chi connectivity index (χ0v) is 10.5. The average Bonchev–Trinajstić information content (AvgIpc) is 2.56. The van der Waals surface area contributed by atoms with E-state index in [1.165, 1.54) is 0 Å². The number of rotatable bonds is 2. The van der Waals surface area contributed by atoms with Crippen molar-refractivity contribution in [2.24, 2.45) is 0 Å². The van der Waals surface area contributed by atoms with Crippen LogP contribution in [0.25, 0.3) is 11.1 Å². The number of oxazole rings is 1. The molecule has 0 saturated carbocycles. The average molecular weight is 288 g/mol. The molecule has 1 aromatic carbocycles. The lowest BCUT2D eigenvalue weighted by Gasteiger charge is -1.88. The van der Waals surface area contributed by atoms with Gasteiger partial charge in [0.15, 0.2) is 5.58 Å². The topological polar surface area (TPSA) is 46.3 Å². The molecule has 1 N–H and O–H groups in total. The quantitative estimate of drug-likeness (QED) is 0.658. The van der Waals surface area contributed by atoms with Crippen LogP contribution in [-0.2, 0) is 5.75 Å². The Labute approximate surface area is 99.2 Å². The van der Waals surface area contributed by atoms with Gasteiger partial charge in [0.25, 0.3) is 0 Å². The Morgan fingerprint density at radius 3 is 3.13 bits per heavy atom. The summed E-state index contributed by atoms with van der Waals surface area (Å²) in [4.78, 5) is 4.32. The van der Waals surface area contributed by atoms with Gasteiger partial charge >= 0.3 is 0 Å². The van der Waals surface area contributed by atoms with Gasteiger partial charge in [-0.05, 0) is 25.1 Å². The zero-order valence-electron chi connectivity index (χ0n) is 8.07. The summed E-state index contributed by atoms with van der Waals surface area (Å²) in [6, 6.07) is 5.70. The van der Waals surface area contributed by atoms with E-state index in [1.807, 2.05) is 18.2 Å². The lowest BCUT2D eigenvalue weighted by molar-refractivity contribution is 0.554. The van der Waals surface area contributed by atoms with Crippen LogP contribution in [0.2, 0.25) is 0 Å². The summed E-state index contributed by atoms with van der Waals surface area (Å²) >= 11 is 4.21. The normalized spacial score (nSPS) is 12.9. The Kier molecular flexibility index (Phi) is 3.23. The number of aromatic nitrogens is 1. The third-order valence-corrected chi connectivity index (χ3v) is 3.22. The second-order valence-corrected chi connectivity index (χ2v) is 5.28. The molecule has 0 atom stereocenters. The molecule has 0 fully saturated rings. The van der Waals surface area contributed by atoms with Gasteiger partial charge in [-0.25, -0.2) is 4.98 Å². The monoisotopic (exact) mass is 287 g/mol. The summed E-state index contributed by atoms with van der Waals surface area (Å²) in [6.45, 7) is 1.67. The van der Waals surface area contributed by atoms with Crippen molar-refractivity contribution in [1.29, 1.82) is 0 Å². The third-order valence-electron chi connectivity index (χ3n) is 1.84. The molecule has 0 spiro atoms. The number of halogens is 1. The van der Waals surface area contributed by atoms with E-state index in [2.05, 4.69) is 20.9 Å². The maximum Gasteiger partial charge on any atom is 0.204 e. The molecule has 1 aromatic heterocycles. The summed E-state index contributed by atoms with van der Waals surface area (Å²) in [6.07, 6.45) is 0. The maximum atomic E-state index is 9.06. The SMILES string of the molecule is CC(O)=[SH]Cc1nc2cc(Br)ccc2o1. The third kappa shape index (κ3) is 2.68. The molecule has 2 rings (SSSR count). The van der Waals surface area contributed by atoms with Gasteiger partial charge in [0.2, 0.25) is 5.89 Å². The van der Waals surface area contributed by atoms with Crippen molar-refractivity contribution in [3.63, 3.8) is 0 Å². The molecule has 3 nitrogen and oxygen atoms in total. The van der Waals surface area contributed by atoms with Crippen LogP contribution in [0.15, 0.2) is 27.1 Å². The molecule has 0 amide bonds. The van der Waals surface area contributed by atoms with Crippen LogP contribution in [0, 0.1) is 0 Å². The Morgan fingerprint density at radius 1 is 1.60 bits per heavy atom. The van der Waals surface area contributed by atoms with Gasteiger partial charge in [0, 0.05) is 4.47 Å². The molecule has 5 heteroatoms. The summed E-state index contributed by atoms with van der Waals surface area (Å²) in [5.74, 6) is 1.26. The summed E-state index contributed by atoms with van der Waals surface area (Å²) in [5.41, 5.74) is 1.61. The molecule has 2 aromatic rings. The number of nitrogens with zero attached hydrogens (tertiary/aromatic N) is 1. The van der Waals surface area contributed by atoms with Crippen molar-refractivity contribution in [2.75, 3.05) is 0 Å². The fraction of sp³-hybridized carbons (Fsp3) is 0.200. The minimum Gasteiger partial charge on any atom is -0.440 e. The minimum atomic E-state index is 0.374. The molecule has 0 aliphatic heterocycles. The van der Waals surface area contributed by atoms with Crippen molar-refractivity contribution in [3.05, 3.63) is 28.6 Å². The van der Waals surface area contributed by atoms with E-state index in [1.54, 1.807) is 6.92 Å². The van der Waals surface area contributed by atoms with Gasteiger partial charge in [0.05, 0.1) is 10.8 Å². The highest BCUT2D eigenvalue weighted by Crippen LogP contribution is 2.21. The van der Waals surface area contributed by atoms with E-state index < -0.39 is 0 Å². The van der Waals surface area contributed by atoms with Gasteiger partial charge < -0.3 is 9.52 Å². The summed E-state index contributed by atoms with van der Waals surface area (Å²) in [5, 5.41) is 9.43. The van der Waals surface area contributed by atoms with Gasteiger partial charge in [-0.2, -0.15) is 11.4 Å². The Bertz CT molecular complexity index is 517. The van der Waals surface area contributed by atoms with Crippen molar-refractivity contribution in [3.8, 4) is 0 Å². The minimum absolute atomic E-state index is 0.374. The fourth-order valence-corrected chi connectivity index (χ4v) is 2.05. The van der Waals surface area contributed by atoms with E-state index in [-0.39, 0.29) is 0 Å². The van der Waals surface area contributed by atoms with Crippen LogP contribution in [0.3, 0.4) is 0 Å². The van der Waals surface area contributed by atoms with Crippen LogP contribution in [0.4, 0.5) is 0 Å². The maximum absolute atomic E-state index is 9.06. The number of aliphatic hydroxyl groups excluding tert-OH is 1. The molecule has 0 bridgehead atoms. The molecule has 1 heterocycles. The van der Waals surface area contributed by atoms with Gasteiger partial charge in [-0.15, -0.1) is 0 Å². The molecular formula is C10H10BrNO2S. The summed E-state index contributed by atoms with van der Waals surface area (Å²) in [7, 11) is 0. The highest BCUT2D eigenvalue weighted by atomic mass is 79.9. The molecule has 80 valence electrons. The molecule has 15 heavy (non-hydrogen) atoms. The van der Waals surface area contributed by atoms with E-state index in [4.69, 9.17) is 9.52 Å². The van der Waals surface area contributed by atoms with Crippen LogP contribution >= 0.6 is 27.3 Å². The largest absolute Gasteiger partial charge is 0.440 e. The first-order valence-corrected chi connectivity index (χ1v) is 6.27. The highest BCUT2D eigenvalue weighted by Gasteiger charge is 2.04. The number of aliphatic hydroxyl groups is 1. The molecule has 0 radical (unpaired) electrons. The van der Waals surface area contributed by atoms with Crippen LogP contribution in [-0.4, -0.2) is 15.1 Å². The Hall–Kier alpha value is -0.650. The fourth-order valence-electron chi connectivity index (χ4n) is 1.20. The van der Waals surface area contributed by atoms with Crippen LogP contribution in [0.1, 0.15) is 12.8 Å². The molecular weight excluding hydrogens is 278 g/mol. The van der Waals surface area contributed by atoms with E-state index in [9.17, 15) is 0 Å². The lowest BCUT2D eigenvalue weighted by Crippen LogP contribution is -1.83. The smallest absolute Gasteiger partial charge is 0.204 e. The van der Waals surface area contributed by atoms with Crippen LogP contribution in [0.5, 0.6) is 0 Å². The predicted octanol–water partition coefficient (Wildman–Crippen LogP) is 3.26. The first-order valence-electron chi connectivity index (χ1n) is 4.40. The number of benzene rings is 1. The van der Waals surface area contributed by atoms with Crippen molar-refractivity contribution >= 4 is 43.4 Å². The van der Waals surface area contributed by atoms with Gasteiger partial charge in [-0.3, -0.25) is 0 Å². The summed E-state index contributed by atoms with van der Waals surface area (Å²) < 4.78 is 6.49. The molecule has 0 unspecified atom stereocenters. The standard InChI is InChI=1S/C10H10BrNO2S/c1-6(13)15-5-10-12-8-4-7(11)2-3-9(8)14-10/h2-4,13,15H,5H2,1H3. The number of hydrogen-bond donors (Lipinski definition) is 2. The van der Waals surface area contributed by atoms with Crippen molar-refractivity contribution in [2.45, 2.75) is 12.7 Å². The first kappa shape index (κ1) is 10.9. The molecule has 0 saturated heterocycles. The highest BCUT2D eigenvalue weighted by molar-refractivity contribution is 9.10. The first-order chi connectivity index (χ1) is 7.15. The lowest BCUT2D eigenvalue weighted by atomic mass is 10.3. The predicted molar refractivity (Wildman–Crippen MR) is 67.7 cm³/mol. The number of fused-ring (bicyclic) bond motifs is 1. The van der Waals surface area contributed by atoms with E-state index in [0.29, 0.717) is 16.7 Å². The van der Waals surface area contributed by atoms with Crippen LogP contribution < -0.4 is 0 Å². The molecule has 0 aliphatic carbocycles. The Balaban J connectivity index is 2.35. The number of thiol groups is 1. The van der Waals surface area contributed by atoms with Crippen molar-refractivity contribution < 1.29 is 9.52 Å². The number of hydrogen-bond acceptors (Lipinski definition) is 2.